The van der Waals surface area contributed by atoms with E-state index in [0.717, 1.165) is 10.9 Å². The Bertz CT molecular complexity index is 735. The van der Waals surface area contributed by atoms with Crippen LogP contribution in [0.2, 0.25) is 5.02 Å². The number of nitriles is 1. The van der Waals surface area contributed by atoms with Crippen LogP contribution in [0.4, 0.5) is 0 Å². The van der Waals surface area contributed by atoms with Crippen molar-refractivity contribution in [3.05, 3.63) is 59.2 Å². The van der Waals surface area contributed by atoms with Crippen LogP contribution in [0, 0.1) is 11.3 Å². The van der Waals surface area contributed by atoms with Crippen LogP contribution in [0.3, 0.4) is 0 Å². The quantitative estimate of drug-likeness (QED) is 0.665. The van der Waals surface area contributed by atoms with Crippen LogP contribution >= 0.6 is 11.6 Å². The van der Waals surface area contributed by atoms with E-state index < -0.39 is 0 Å². The van der Waals surface area contributed by atoms with Gasteiger partial charge in [-0.15, -0.1) is 0 Å². The molecular weight excluding hydrogens is 246 g/mol. The van der Waals surface area contributed by atoms with Crippen molar-refractivity contribution in [2.75, 3.05) is 0 Å². The normalized spacial score (nSPS) is 10.4. The maximum atomic E-state index is 9.11. The highest BCUT2D eigenvalue weighted by Gasteiger charge is 2.07. The molecule has 0 atom stereocenters. The number of hydrogen-bond donors (Lipinski definition) is 0. The summed E-state index contributed by atoms with van der Waals surface area (Å²) in [6.07, 6.45) is 1.89. The third-order valence-electron chi connectivity index (χ3n) is 2.74. The molecule has 3 nitrogen and oxygen atoms in total. The standard InChI is InChI=1S/C14H8ClN3/c15-12-6-5-10(8-16)14(7-12)18-9-11-3-1-2-4-13(11)17-18/h1-7,9H. The number of fused-ring (bicyclic) bond motifs is 1. The lowest BCUT2D eigenvalue weighted by Gasteiger charge is -2.03. The minimum absolute atomic E-state index is 0.548. The minimum atomic E-state index is 0.548. The largest absolute Gasteiger partial charge is 0.238 e. The molecule has 0 bridgehead atoms. The van der Waals surface area contributed by atoms with Crippen LogP contribution in [-0.4, -0.2) is 9.78 Å². The predicted molar refractivity (Wildman–Crippen MR) is 70.8 cm³/mol. The average molecular weight is 254 g/mol. The molecule has 0 saturated carbocycles. The van der Waals surface area contributed by atoms with E-state index >= 15 is 0 Å². The summed E-state index contributed by atoms with van der Waals surface area (Å²) in [4.78, 5) is 0. The molecule has 3 aromatic rings. The predicted octanol–water partition coefficient (Wildman–Crippen LogP) is 3.55. The van der Waals surface area contributed by atoms with Gasteiger partial charge >= 0.3 is 0 Å². The lowest BCUT2D eigenvalue weighted by molar-refractivity contribution is 0.893. The summed E-state index contributed by atoms with van der Waals surface area (Å²) in [5.74, 6) is 0. The molecule has 0 aliphatic carbocycles. The van der Waals surface area contributed by atoms with Crippen LogP contribution in [0.1, 0.15) is 5.56 Å². The molecule has 1 aromatic heterocycles. The van der Waals surface area contributed by atoms with Crippen molar-refractivity contribution in [3.8, 4) is 11.8 Å². The van der Waals surface area contributed by atoms with Gasteiger partial charge in [0.05, 0.1) is 16.8 Å². The zero-order valence-electron chi connectivity index (χ0n) is 9.34. The summed E-state index contributed by atoms with van der Waals surface area (Å²) in [7, 11) is 0. The number of rotatable bonds is 1. The molecule has 0 unspecified atom stereocenters. The van der Waals surface area contributed by atoms with Gasteiger partial charge < -0.3 is 0 Å². The third-order valence-corrected chi connectivity index (χ3v) is 2.98. The summed E-state index contributed by atoms with van der Waals surface area (Å²) < 4.78 is 1.69. The SMILES string of the molecule is N#Cc1ccc(Cl)cc1-n1cc2ccccc2n1. The maximum absolute atomic E-state index is 9.11. The zero-order chi connectivity index (χ0) is 12.5. The van der Waals surface area contributed by atoms with Crippen molar-refractivity contribution in [1.82, 2.24) is 9.78 Å². The van der Waals surface area contributed by atoms with E-state index in [1.54, 1.807) is 22.9 Å². The molecule has 86 valence electrons. The Morgan fingerprint density at radius 3 is 2.78 bits per heavy atom. The molecule has 0 radical (unpaired) electrons. The van der Waals surface area contributed by atoms with Gasteiger partial charge in [-0.3, -0.25) is 0 Å². The Labute approximate surface area is 109 Å². The van der Waals surface area contributed by atoms with Gasteiger partial charge in [-0.25, -0.2) is 4.68 Å². The van der Waals surface area contributed by atoms with Crippen molar-refractivity contribution < 1.29 is 0 Å². The fourth-order valence-electron chi connectivity index (χ4n) is 1.88. The Kier molecular flexibility index (Phi) is 2.51. The summed E-state index contributed by atoms with van der Waals surface area (Å²) in [5, 5.41) is 15.2. The Morgan fingerprint density at radius 2 is 2.00 bits per heavy atom. The first-order valence-corrected chi connectivity index (χ1v) is 5.80. The fraction of sp³-hybridized carbons (Fsp3) is 0. The van der Waals surface area contributed by atoms with Gasteiger partial charge in [0.15, 0.2) is 0 Å². The highest BCUT2D eigenvalue weighted by Crippen LogP contribution is 2.21. The molecule has 0 aliphatic rings. The number of halogens is 1. The van der Waals surface area contributed by atoms with E-state index in [9.17, 15) is 0 Å². The van der Waals surface area contributed by atoms with Crippen LogP contribution < -0.4 is 0 Å². The average Bonchev–Trinajstić information content (AvgIpc) is 2.82. The summed E-state index contributed by atoms with van der Waals surface area (Å²) in [5.41, 5.74) is 2.13. The second-order valence-electron chi connectivity index (χ2n) is 3.91. The van der Waals surface area contributed by atoms with Crippen molar-refractivity contribution in [1.29, 1.82) is 5.26 Å². The van der Waals surface area contributed by atoms with E-state index in [2.05, 4.69) is 11.2 Å². The fourth-order valence-corrected chi connectivity index (χ4v) is 2.04. The second kappa shape index (κ2) is 4.17. The first kappa shape index (κ1) is 10.8. The van der Waals surface area contributed by atoms with Crippen molar-refractivity contribution in [3.63, 3.8) is 0 Å². The lowest BCUT2D eigenvalue weighted by atomic mass is 10.2. The van der Waals surface area contributed by atoms with E-state index in [0.29, 0.717) is 16.3 Å². The van der Waals surface area contributed by atoms with Crippen LogP contribution in [-0.2, 0) is 0 Å². The topological polar surface area (TPSA) is 41.6 Å². The van der Waals surface area contributed by atoms with Crippen LogP contribution in [0.5, 0.6) is 0 Å². The highest BCUT2D eigenvalue weighted by molar-refractivity contribution is 6.30. The molecule has 0 N–H and O–H groups in total. The molecule has 0 fully saturated rings. The molecule has 2 aromatic carbocycles. The van der Waals surface area contributed by atoms with E-state index in [-0.39, 0.29) is 0 Å². The van der Waals surface area contributed by atoms with Crippen LogP contribution in [0.15, 0.2) is 48.7 Å². The molecule has 0 spiro atoms. The number of nitrogens with zero attached hydrogens (tertiary/aromatic N) is 3. The van der Waals surface area contributed by atoms with Gasteiger partial charge in [0, 0.05) is 16.6 Å². The Balaban J connectivity index is 2.26. The monoisotopic (exact) mass is 253 g/mol. The summed E-state index contributed by atoms with van der Waals surface area (Å²) in [6, 6.07) is 15.1. The molecule has 3 rings (SSSR count). The van der Waals surface area contributed by atoms with Gasteiger partial charge in [-0.05, 0) is 24.3 Å². The highest BCUT2D eigenvalue weighted by atomic mass is 35.5. The first-order valence-electron chi connectivity index (χ1n) is 5.42. The van der Waals surface area contributed by atoms with E-state index in [1.165, 1.54) is 0 Å². The van der Waals surface area contributed by atoms with Gasteiger partial charge in [0.25, 0.3) is 0 Å². The van der Waals surface area contributed by atoms with Gasteiger partial charge in [0.1, 0.15) is 6.07 Å². The first-order chi connectivity index (χ1) is 8.78. The number of benzene rings is 2. The molecule has 4 heteroatoms. The molecule has 0 aliphatic heterocycles. The minimum Gasteiger partial charge on any atom is -0.238 e. The van der Waals surface area contributed by atoms with Crippen molar-refractivity contribution in [2.45, 2.75) is 0 Å². The van der Waals surface area contributed by atoms with Crippen molar-refractivity contribution in [2.24, 2.45) is 0 Å². The summed E-state index contributed by atoms with van der Waals surface area (Å²) >= 11 is 5.97. The smallest absolute Gasteiger partial charge is 0.101 e. The van der Waals surface area contributed by atoms with E-state index in [4.69, 9.17) is 16.9 Å². The molecule has 0 saturated heterocycles. The van der Waals surface area contributed by atoms with E-state index in [1.807, 2.05) is 30.5 Å². The zero-order valence-corrected chi connectivity index (χ0v) is 10.1. The van der Waals surface area contributed by atoms with Gasteiger partial charge in [-0.1, -0.05) is 29.8 Å². The van der Waals surface area contributed by atoms with Gasteiger partial charge in [0.2, 0.25) is 0 Å². The lowest BCUT2D eigenvalue weighted by Crippen LogP contribution is -1.97. The number of hydrogen-bond acceptors (Lipinski definition) is 2. The van der Waals surface area contributed by atoms with Crippen molar-refractivity contribution >= 4 is 22.5 Å². The third kappa shape index (κ3) is 1.73. The Hall–Kier alpha value is -2.31. The molecule has 18 heavy (non-hydrogen) atoms. The Morgan fingerprint density at radius 1 is 1.17 bits per heavy atom. The number of aromatic nitrogens is 2. The maximum Gasteiger partial charge on any atom is 0.101 e. The van der Waals surface area contributed by atoms with Gasteiger partial charge in [-0.2, -0.15) is 10.4 Å². The molecule has 1 heterocycles. The van der Waals surface area contributed by atoms with Crippen LogP contribution in [0.25, 0.3) is 16.6 Å². The molecule has 0 amide bonds. The summed E-state index contributed by atoms with van der Waals surface area (Å²) in [6.45, 7) is 0. The second-order valence-corrected chi connectivity index (χ2v) is 4.34. The molecular formula is C14H8ClN3.